The number of methoxy groups -OCH3 is 1. The molecule has 0 aliphatic rings. The number of carbonyl (C=O) groups is 1. The normalized spacial score (nSPS) is 11.5. The van der Waals surface area contributed by atoms with E-state index < -0.39 is 6.10 Å². The molecule has 1 amide bonds. The summed E-state index contributed by atoms with van der Waals surface area (Å²) in [7, 11) is 1.62. The number of ether oxygens (including phenoxy) is 3. The lowest BCUT2D eigenvalue weighted by Gasteiger charge is -2.15. The molecule has 0 radical (unpaired) electrons. The van der Waals surface area contributed by atoms with E-state index in [0.29, 0.717) is 18.9 Å². The van der Waals surface area contributed by atoms with Crippen LogP contribution in [0.5, 0.6) is 17.2 Å². The van der Waals surface area contributed by atoms with Gasteiger partial charge in [0.25, 0.3) is 5.91 Å². The highest BCUT2D eigenvalue weighted by molar-refractivity contribution is 5.80. The SMILES string of the molecule is COc1ccc(OCCNC(=O)[C@H](C)Oc2cccc(C)c2)cc1. The Kier molecular flexibility index (Phi) is 6.49. The van der Waals surface area contributed by atoms with Crippen molar-refractivity contribution in [2.75, 3.05) is 20.3 Å². The minimum Gasteiger partial charge on any atom is -0.497 e. The molecule has 2 aromatic carbocycles. The van der Waals surface area contributed by atoms with Crippen molar-refractivity contribution in [3.63, 3.8) is 0 Å². The average molecular weight is 329 g/mol. The van der Waals surface area contributed by atoms with Crippen molar-refractivity contribution in [3.8, 4) is 17.2 Å². The molecule has 0 bridgehead atoms. The van der Waals surface area contributed by atoms with E-state index in [9.17, 15) is 4.79 Å². The van der Waals surface area contributed by atoms with Crippen LogP contribution in [0.25, 0.3) is 0 Å². The number of benzene rings is 2. The maximum absolute atomic E-state index is 12.0. The van der Waals surface area contributed by atoms with E-state index in [1.807, 2.05) is 55.5 Å². The van der Waals surface area contributed by atoms with Gasteiger partial charge >= 0.3 is 0 Å². The van der Waals surface area contributed by atoms with Crippen molar-refractivity contribution in [2.45, 2.75) is 20.0 Å². The van der Waals surface area contributed by atoms with Crippen molar-refractivity contribution in [1.82, 2.24) is 5.32 Å². The van der Waals surface area contributed by atoms with Crippen LogP contribution in [0.2, 0.25) is 0 Å². The molecule has 0 saturated carbocycles. The zero-order valence-corrected chi connectivity index (χ0v) is 14.2. The quantitative estimate of drug-likeness (QED) is 0.757. The van der Waals surface area contributed by atoms with Gasteiger partial charge in [-0.25, -0.2) is 0 Å². The van der Waals surface area contributed by atoms with Crippen molar-refractivity contribution < 1.29 is 19.0 Å². The van der Waals surface area contributed by atoms with Gasteiger partial charge in [0.1, 0.15) is 23.9 Å². The number of carbonyl (C=O) groups excluding carboxylic acids is 1. The van der Waals surface area contributed by atoms with E-state index >= 15 is 0 Å². The van der Waals surface area contributed by atoms with Crippen molar-refractivity contribution in [3.05, 3.63) is 54.1 Å². The molecule has 24 heavy (non-hydrogen) atoms. The first-order chi connectivity index (χ1) is 11.6. The molecule has 0 heterocycles. The Morgan fingerprint density at radius 3 is 2.46 bits per heavy atom. The molecule has 0 aliphatic heterocycles. The van der Waals surface area contributed by atoms with Crippen molar-refractivity contribution >= 4 is 5.91 Å². The van der Waals surface area contributed by atoms with Gasteiger partial charge in [0, 0.05) is 0 Å². The fraction of sp³-hybridized carbons (Fsp3) is 0.316. The van der Waals surface area contributed by atoms with Crippen LogP contribution < -0.4 is 19.5 Å². The van der Waals surface area contributed by atoms with E-state index in [4.69, 9.17) is 14.2 Å². The Hall–Kier alpha value is -2.69. The van der Waals surface area contributed by atoms with Crippen LogP contribution in [0.1, 0.15) is 12.5 Å². The topological polar surface area (TPSA) is 56.8 Å². The highest BCUT2D eigenvalue weighted by atomic mass is 16.5. The number of amides is 1. The largest absolute Gasteiger partial charge is 0.497 e. The highest BCUT2D eigenvalue weighted by Gasteiger charge is 2.14. The zero-order chi connectivity index (χ0) is 17.4. The lowest BCUT2D eigenvalue weighted by molar-refractivity contribution is -0.127. The summed E-state index contributed by atoms with van der Waals surface area (Å²) in [6.45, 7) is 4.50. The van der Waals surface area contributed by atoms with E-state index in [1.54, 1.807) is 14.0 Å². The Balaban J connectivity index is 1.70. The summed E-state index contributed by atoms with van der Waals surface area (Å²) in [5.41, 5.74) is 1.09. The number of rotatable bonds is 8. The standard InChI is InChI=1S/C19H23NO4/c1-14-5-4-6-18(13-14)24-15(2)19(21)20-11-12-23-17-9-7-16(22-3)8-10-17/h4-10,13,15H,11-12H2,1-3H3,(H,20,21)/t15-/m0/s1. The van der Waals surface area contributed by atoms with Crippen molar-refractivity contribution in [2.24, 2.45) is 0 Å². The summed E-state index contributed by atoms with van der Waals surface area (Å²) < 4.78 is 16.3. The number of hydrogen-bond donors (Lipinski definition) is 1. The molecule has 128 valence electrons. The first-order valence-electron chi connectivity index (χ1n) is 7.86. The Labute approximate surface area is 142 Å². The predicted molar refractivity (Wildman–Crippen MR) is 92.8 cm³/mol. The van der Waals surface area contributed by atoms with E-state index in [0.717, 1.165) is 17.1 Å². The first kappa shape index (κ1) is 17.7. The summed E-state index contributed by atoms with van der Waals surface area (Å²) in [5, 5.41) is 2.80. The van der Waals surface area contributed by atoms with Crippen LogP contribution in [0.4, 0.5) is 0 Å². The van der Waals surface area contributed by atoms with Gasteiger partial charge < -0.3 is 19.5 Å². The van der Waals surface area contributed by atoms with Crippen LogP contribution in [0.3, 0.4) is 0 Å². The number of aryl methyl sites for hydroxylation is 1. The molecule has 1 N–H and O–H groups in total. The molecule has 0 aromatic heterocycles. The van der Waals surface area contributed by atoms with E-state index in [1.165, 1.54) is 0 Å². The van der Waals surface area contributed by atoms with Gasteiger partial charge in [0.05, 0.1) is 13.7 Å². The second kappa shape index (κ2) is 8.82. The maximum Gasteiger partial charge on any atom is 0.260 e. The average Bonchev–Trinajstić information content (AvgIpc) is 2.59. The maximum atomic E-state index is 12.0. The Morgan fingerprint density at radius 2 is 1.79 bits per heavy atom. The van der Waals surface area contributed by atoms with Gasteiger partial charge in [-0.3, -0.25) is 4.79 Å². The van der Waals surface area contributed by atoms with Gasteiger partial charge in [0.2, 0.25) is 0 Å². The number of nitrogens with one attached hydrogen (secondary N) is 1. The second-order valence-corrected chi connectivity index (χ2v) is 5.39. The monoisotopic (exact) mass is 329 g/mol. The summed E-state index contributed by atoms with van der Waals surface area (Å²) >= 11 is 0. The highest BCUT2D eigenvalue weighted by Crippen LogP contribution is 2.17. The fourth-order valence-corrected chi connectivity index (χ4v) is 2.11. The Morgan fingerprint density at radius 1 is 1.08 bits per heavy atom. The molecule has 0 spiro atoms. The molecule has 2 aromatic rings. The van der Waals surface area contributed by atoms with Gasteiger partial charge in [-0.15, -0.1) is 0 Å². The van der Waals surface area contributed by atoms with Crippen molar-refractivity contribution in [1.29, 1.82) is 0 Å². The fourth-order valence-electron chi connectivity index (χ4n) is 2.11. The Bertz CT molecular complexity index is 655. The first-order valence-corrected chi connectivity index (χ1v) is 7.86. The van der Waals surface area contributed by atoms with E-state index in [2.05, 4.69) is 5.32 Å². The summed E-state index contributed by atoms with van der Waals surface area (Å²) in [4.78, 5) is 12.0. The van der Waals surface area contributed by atoms with Crippen LogP contribution in [0.15, 0.2) is 48.5 Å². The van der Waals surface area contributed by atoms with Crippen LogP contribution >= 0.6 is 0 Å². The predicted octanol–water partition coefficient (Wildman–Crippen LogP) is 2.97. The van der Waals surface area contributed by atoms with Crippen LogP contribution in [-0.2, 0) is 4.79 Å². The van der Waals surface area contributed by atoms with Gasteiger partial charge in [-0.1, -0.05) is 12.1 Å². The molecule has 2 rings (SSSR count). The third-order valence-electron chi connectivity index (χ3n) is 3.40. The molecule has 0 saturated heterocycles. The minimum atomic E-state index is -0.562. The summed E-state index contributed by atoms with van der Waals surface area (Å²) in [5.74, 6) is 2.02. The summed E-state index contributed by atoms with van der Waals surface area (Å²) in [6.07, 6.45) is -0.562. The molecule has 0 fully saturated rings. The zero-order valence-electron chi connectivity index (χ0n) is 14.2. The number of hydrogen-bond acceptors (Lipinski definition) is 4. The lowest BCUT2D eigenvalue weighted by Crippen LogP contribution is -2.38. The smallest absolute Gasteiger partial charge is 0.260 e. The third-order valence-corrected chi connectivity index (χ3v) is 3.40. The molecule has 0 unspecified atom stereocenters. The van der Waals surface area contributed by atoms with Crippen LogP contribution in [-0.4, -0.2) is 32.3 Å². The van der Waals surface area contributed by atoms with Crippen LogP contribution in [0, 0.1) is 6.92 Å². The molecule has 1 atom stereocenters. The molecule has 5 nitrogen and oxygen atoms in total. The molecule has 0 aliphatic carbocycles. The molecular weight excluding hydrogens is 306 g/mol. The third kappa shape index (κ3) is 5.50. The van der Waals surface area contributed by atoms with Gasteiger partial charge in [0.15, 0.2) is 6.10 Å². The molecular formula is C19H23NO4. The molecule has 5 heteroatoms. The second-order valence-electron chi connectivity index (χ2n) is 5.39. The van der Waals surface area contributed by atoms with Gasteiger partial charge in [-0.05, 0) is 55.8 Å². The lowest BCUT2D eigenvalue weighted by atomic mass is 10.2. The van der Waals surface area contributed by atoms with E-state index in [-0.39, 0.29) is 5.91 Å². The minimum absolute atomic E-state index is 0.171. The summed E-state index contributed by atoms with van der Waals surface area (Å²) in [6, 6.07) is 14.9. The van der Waals surface area contributed by atoms with Gasteiger partial charge in [-0.2, -0.15) is 0 Å².